The molecule has 5 nitrogen and oxygen atoms in total. The Labute approximate surface area is 122 Å². The first-order chi connectivity index (χ1) is 9.99. The molecule has 2 rings (SSSR count). The van der Waals surface area contributed by atoms with Crippen LogP contribution in [-0.4, -0.2) is 12.0 Å². The Bertz CT molecular complexity index is 675. The van der Waals surface area contributed by atoms with E-state index in [4.69, 9.17) is 10.5 Å². The van der Waals surface area contributed by atoms with Crippen LogP contribution >= 0.6 is 0 Å². The summed E-state index contributed by atoms with van der Waals surface area (Å²) in [6, 6.07) is 12.0. The van der Waals surface area contributed by atoms with Gasteiger partial charge in [0.2, 0.25) is 0 Å². The van der Waals surface area contributed by atoms with Crippen LogP contribution in [0, 0.1) is 13.8 Å². The number of benzene rings is 2. The summed E-state index contributed by atoms with van der Waals surface area (Å²) in [5.74, 6) is -0.515. The molecule has 108 valence electrons. The van der Waals surface area contributed by atoms with Gasteiger partial charge in [0.25, 0.3) is 5.91 Å². The van der Waals surface area contributed by atoms with Crippen molar-refractivity contribution in [3.05, 3.63) is 59.2 Å². The lowest BCUT2D eigenvalue weighted by Gasteiger charge is -2.12. The number of hydrogen-bond acceptors (Lipinski definition) is 3. The predicted molar refractivity (Wildman–Crippen MR) is 80.5 cm³/mol. The molecule has 0 unspecified atom stereocenters. The fraction of sp³-hybridized carbons (Fsp3) is 0.125. The maximum atomic E-state index is 12.0. The summed E-state index contributed by atoms with van der Waals surface area (Å²) in [6.45, 7) is 3.78. The second kappa shape index (κ2) is 6.09. The smallest absolute Gasteiger partial charge is 0.409 e. The van der Waals surface area contributed by atoms with Gasteiger partial charge in [-0.25, -0.2) is 4.79 Å². The van der Waals surface area contributed by atoms with E-state index in [0.29, 0.717) is 5.69 Å². The topological polar surface area (TPSA) is 81.4 Å². The van der Waals surface area contributed by atoms with Crippen molar-refractivity contribution in [2.45, 2.75) is 13.8 Å². The normalized spacial score (nSPS) is 10.0. The quantitative estimate of drug-likeness (QED) is 0.909. The van der Waals surface area contributed by atoms with Crippen LogP contribution in [0.5, 0.6) is 5.75 Å². The minimum atomic E-state index is -0.666. The number of amides is 2. The molecule has 0 heterocycles. The van der Waals surface area contributed by atoms with Crippen LogP contribution in [0.1, 0.15) is 21.5 Å². The molecule has 0 bridgehead atoms. The van der Waals surface area contributed by atoms with Crippen molar-refractivity contribution in [1.82, 2.24) is 0 Å². The van der Waals surface area contributed by atoms with Gasteiger partial charge in [0.1, 0.15) is 5.75 Å². The molecule has 2 aromatic rings. The van der Waals surface area contributed by atoms with Crippen LogP contribution in [0.25, 0.3) is 0 Å². The summed E-state index contributed by atoms with van der Waals surface area (Å²) in [5, 5.41) is 2.68. The van der Waals surface area contributed by atoms with Crippen LogP contribution in [-0.2, 0) is 0 Å². The Balaban J connectivity index is 2.18. The summed E-state index contributed by atoms with van der Waals surface area (Å²) in [4.78, 5) is 23.3. The molecule has 0 aromatic heterocycles. The largest absolute Gasteiger partial charge is 0.417 e. The number of carbonyl (C=O) groups is 2. The zero-order valence-corrected chi connectivity index (χ0v) is 11.8. The molecular formula is C16H16N2O3. The predicted octanol–water partition coefficient (Wildman–Crippen LogP) is 3.01. The van der Waals surface area contributed by atoms with E-state index in [-0.39, 0.29) is 11.3 Å². The van der Waals surface area contributed by atoms with Crippen LogP contribution in [0.4, 0.5) is 10.5 Å². The number of rotatable bonds is 3. The summed E-state index contributed by atoms with van der Waals surface area (Å²) in [5.41, 5.74) is 7.95. The van der Waals surface area contributed by atoms with Crippen molar-refractivity contribution in [2.75, 3.05) is 5.32 Å². The van der Waals surface area contributed by atoms with E-state index in [1.165, 1.54) is 12.1 Å². The zero-order chi connectivity index (χ0) is 15.4. The van der Waals surface area contributed by atoms with Gasteiger partial charge in [-0.05, 0) is 37.1 Å². The average Bonchev–Trinajstić information content (AvgIpc) is 2.43. The maximum absolute atomic E-state index is 12.0. The Morgan fingerprint density at radius 3 is 2.24 bits per heavy atom. The number of hydrogen-bond donors (Lipinski definition) is 2. The van der Waals surface area contributed by atoms with Crippen molar-refractivity contribution in [2.24, 2.45) is 5.73 Å². The van der Waals surface area contributed by atoms with E-state index in [9.17, 15) is 9.59 Å². The number of carbonyl (C=O) groups excluding carboxylic acids is 2. The van der Waals surface area contributed by atoms with Gasteiger partial charge in [-0.15, -0.1) is 0 Å². The molecule has 0 fully saturated rings. The van der Waals surface area contributed by atoms with Gasteiger partial charge in [0.05, 0.1) is 5.56 Å². The monoisotopic (exact) mass is 284 g/mol. The van der Waals surface area contributed by atoms with Crippen molar-refractivity contribution in [3.63, 3.8) is 0 Å². The highest BCUT2D eigenvalue weighted by Gasteiger charge is 2.13. The molecule has 0 radical (unpaired) electrons. The van der Waals surface area contributed by atoms with E-state index in [1.54, 1.807) is 12.1 Å². The van der Waals surface area contributed by atoms with E-state index >= 15 is 0 Å². The fourth-order valence-corrected chi connectivity index (χ4v) is 2.00. The maximum Gasteiger partial charge on any atom is 0.417 e. The Morgan fingerprint density at radius 2 is 1.62 bits per heavy atom. The van der Waals surface area contributed by atoms with Gasteiger partial charge in [-0.2, -0.15) is 0 Å². The molecular weight excluding hydrogens is 268 g/mol. The fourth-order valence-electron chi connectivity index (χ4n) is 2.00. The van der Waals surface area contributed by atoms with Crippen molar-refractivity contribution >= 4 is 17.7 Å². The van der Waals surface area contributed by atoms with Crippen LogP contribution in [0.2, 0.25) is 0 Å². The second-order valence-corrected chi connectivity index (χ2v) is 4.64. The molecule has 0 spiro atoms. The van der Waals surface area contributed by atoms with Gasteiger partial charge in [0, 0.05) is 5.69 Å². The van der Waals surface area contributed by atoms with Gasteiger partial charge < -0.3 is 10.5 Å². The summed E-state index contributed by atoms with van der Waals surface area (Å²) in [6.07, 6.45) is -0.666. The minimum Gasteiger partial charge on any atom is -0.409 e. The Kier molecular flexibility index (Phi) is 4.23. The summed E-state index contributed by atoms with van der Waals surface area (Å²) >= 11 is 0. The van der Waals surface area contributed by atoms with Crippen molar-refractivity contribution in [3.8, 4) is 5.75 Å². The Hall–Kier alpha value is -2.82. The zero-order valence-electron chi connectivity index (χ0n) is 11.8. The highest BCUT2D eigenvalue weighted by atomic mass is 16.6. The SMILES string of the molecule is Cc1cccc(C)c1NC(=O)Oc1ccccc1C(N)=O. The number of nitrogens with two attached hydrogens (primary N) is 1. The molecule has 0 aliphatic rings. The number of nitrogens with one attached hydrogen (secondary N) is 1. The summed E-state index contributed by atoms with van der Waals surface area (Å²) < 4.78 is 5.17. The minimum absolute atomic E-state index is 0.133. The number of anilines is 1. The number of ether oxygens (including phenoxy) is 1. The molecule has 0 aliphatic heterocycles. The van der Waals surface area contributed by atoms with E-state index in [0.717, 1.165) is 11.1 Å². The summed E-state index contributed by atoms with van der Waals surface area (Å²) in [7, 11) is 0. The lowest BCUT2D eigenvalue weighted by molar-refractivity contribution is 0.0998. The van der Waals surface area contributed by atoms with Crippen LogP contribution < -0.4 is 15.8 Å². The van der Waals surface area contributed by atoms with Gasteiger partial charge in [-0.1, -0.05) is 30.3 Å². The standard InChI is InChI=1S/C16H16N2O3/c1-10-6-5-7-11(2)14(10)18-16(20)21-13-9-4-3-8-12(13)15(17)19/h3-9H,1-2H3,(H2,17,19)(H,18,20). The molecule has 2 aromatic carbocycles. The van der Waals surface area contributed by atoms with Crippen LogP contribution in [0.3, 0.4) is 0 Å². The molecule has 0 saturated heterocycles. The van der Waals surface area contributed by atoms with E-state index < -0.39 is 12.0 Å². The molecule has 5 heteroatoms. The number of para-hydroxylation sites is 2. The van der Waals surface area contributed by atoms with Gasteiger partial charge in [0.15, 0.2) is 0 Å². The first kappa shape index (κ1) is 14.6. The van der Waals surface area contributed by atoms with E-state index in [2.05, 4.69) is 5.32 Å². The second-order valence-electron chi connectivity index (χ2n) is 4.64. The molecule has 3 N–H and O–H groups in total. The third-order valence-corrected chi connectivity index (χ3v) is 3.06. The first-order valence-electron chi connectivity index (χ1n) is 6.43. The third kappa shape index (κ3) is 3.39. The van der Waals surface area contributed by atoms with Crippen LogP contribution in [0.15, 0.2) is 42.5 Å². The average molecular weight is 284 g/mol. The van der Waals surface area contributed by atoms with E-state index in [1.807, 2.05) is 32.0 Å². The van der Waals surface area contributed by atoms with Gasteiger partial charge >= 0.3 is 6.09 Å². The molecule has 0 atom stereocenters. The highest BCUT2D eigenvalue weighted by molar-refractivity contribution is 5.97. The first-order valence-corrected chi connectivity index (χ1v) is 6.43. The molecule has 0 saturated carbocycles. The number of primary amides is 1. The van der Waals surface area contributed by atoms with Crippen molar-refractivity contribution < 1.29 is 14.3 Å². The van der Waals surface area contributed by atoms with Crippen molar-refractivity contribution in [1.29, 1.82) is 0 Å². The number of aryl methyl sites for hydroxylation is 2. The highest BCUT2D eigenvalue weighted by Crippen LogP contribution is 2.21. The Morgan fingerprint density at radius 1 is 1.00 bits per heavy atom. The molecule has 2 amide bonds. The molecule has 21 heavy (non-hydrogen) atoms. The lowest BCUT2D eigenvalue weighted by Crippen LogP contribution is -2.20. The molecule has 0 aliphatic carbocycles. The lowest BCUT2D eigenvalue weighted by atomic mass is 10.1. The van der Waals surface area contributed by atoms with Gasteiger partial charge in [-0.3, -0.25) is 10.1 Å². The third-order valence-electron chi connectivity index (χ3n) is 3.06.